The largest absolute Gasteiger partial charge is 0.495 e. The van der Waals surface area contributed by atoms with E-state index in [0.29, 0.717) is 5.02 Å². The maximum Gasteiger partial charge on any atom is 0.137 e. The van der Waals surface area contributed by atoms with Crippen molar-refractivity contribution in [2.75, 3.05) is 14.2 Å². The van der Waals surface area contributed by atoms with Crippen molar-refractivity contribution in [3.8, 4) is 5.75 Å². The van der Waals surface area contributed by atoms with Gasteiger partial charge in [0.2, 0.25) is 0 Å². The molecule has 0 unspecified atom stereocenters. The third kappa shape index (κ3) is 2.43. The highest BCUT2D eigenvalue weighted by Gasteiger charge is 2.32. The van der Waals surface area contributed by atoms with E-state index in [9.17, 15) is 0 Å². The maximum absolute atomic E-state index is 6.21. The molecule has 1 aliphatic carbocycles. The zero-order chi connectivity index (χ0) is 12.3. The fourth-order valence-electron chi connectivity index (χ4n) is 2.80. The molecular formula is C14H20ClNO. The Hall–Kier alpha value is -0.730. The van der Waals surface area contributed by atoms with Gasteiger partial charge < -0.3 is 10.1 Å². The molecule has 1 aromatic carbocycles. The molecule has 0 aliphatic heterocycles. The number of nitrogens with one attached hydrogen (secondary N) is 1. The van der Waals surface area contributed by atoms with E-state index in [1.807, 2.05) is 19.2 Å². The lowest BCUT2D eigenvalue weighted by atomic mass is 9.77. The van der Waals surface area contributed by atoms with Gasteiger partial charge in [0.25, 0.3) is 0 Å². The first-order chi connectivity index (χ1) is 8.22. The molecule has 0 atom stereocenters. The van der Waals surface area contributed by atoms with E-state index in [1.54, 1.807) is 7.11 Å². The lowest BCUT2D eigenvalue weighted by molar-refractivity contribution is 0.250. The quantitative estimate of drug-likeness (QED) is 0.886. The minimum atomic E-state index is 0.105. The molecule has 0 bridgehead atoms. The number of ether oxygens (including phenoxy) is 1. The summed E-state index contributed by atoms with van der Waals surface area (Å²) in [6.45, 7) is 0. The number of benzene rings is 1. The predicted molar refractivity (Wildman–Crippen MR) is 71.8 cm³/mol. The monoisotopic (exact) mass is 253 g/mol. The summed E-state index contributed by atoms with van der Waals surface area (Å²) < 4.78 is 5.20. The molecular weight excluding hydrogens is 234 g/mol. The molecule has 0 spiro atoms. The Labute approximate surface area is 108 Å². The van der Waals surface area contributed by atoms with Crippen LogP contribution in [-0.2, 0) is 5.54 Å². The van der Waals surface area contributed by atoms with Crippen molar-refractivity contribution in [1.29, 1.82) is 0 Å². The molecule has 2 rings (SSSR count). The third-order valence-electron chi connectivity index (χ3n) is 3.89. The van der Waals surface area contributed by atoms with Crippen molar-refractivity contribution in [2.45, 2.75) is 37.6 Å². The van der Waals surface area contributed by atoms with Gasteiger partial charge in [-0.3, -0.25) is 0 Å². The standard InChI is InChI=1S/C14H20ClNO/c1-16-14(8-4-3-5-9-14)11-6-7-13(17-2)12(15)10-11/h6-7,10,16H,3-5,8-9H2,1-2H3. The van der Waals surface area contributed by atoms with Gasteiger partial charge in [0.15, 0.2) is 0 Å². The van der Waals surface area contributed by atoms with E-state index < -0.39 is 0 Å². The zero-order valence-corrected chi connectivity index (χ0v) is 11.3. The van der Waals surface area contributed by atoms with Crippen molar-refractivity contribution < 1.29 is 4.74 Å². The minimum absolute atomic E-state index is 0.105. The lowest BCUT2D eigenvalue weighted by Crippen LogP contribution is -2.41. The fourth-order valence-corrected chi connectivity index (χ4v) is 3.06. The number of rotatable bonds is 3. The van der Waals surface area contributed by atoms with Crippen molar-refractivity contribution >= 4 is 11.6 Å². The first-order valence-corrected chi connectivity index (χ1v) is 6.62. The van der Waals surface area contributed by atoms with Crippen molar-refractivity contribution in [3.05, 3.63) is 28.8 Å². The summed E-state index contributed by atoms with van der Waals surface area (Å²) >= 11 is 6.21. The van der Waals surface area contributed by atoms with E-state index in [1.165, 1.54) is 37.7 Å². The fraction of sp³-hybridized carbons (Fsp3) is 0.571. The molecule has 0 saturated heterocycles. The Morgan fingerprint density at radius 2 is 1.94 bits per heavy atom. The highest BCUT2D eigenvalue weighted by Crippen LogP contribution is 2.39. The topological polar surface area (TPSA) is 21.3 Å². The van der Waals surface area contributed by atoms with Crippen molar-refractivity contribution in [2.24, 2.45) is 0 Å². The molecule has 2 nitrogen and oxygen atoms in total. The normalized spacial score (nSPS) is 19.0. The first kappa shape index (κ1) is 12.7. The molecule has 3 heteroatoms. The molecule has 1 N–H and O–H groups in total. The Kier molecular flexibility index (Phi) is 3.95. The van der Waals surface area contributed by atoms with Gasteiger partial charge >= 0.3 is 0 Å². The number of hydrogen-bond donors (Lipinski definition) is 1. The number of methoxy groups -OCH3 is 1. The van der Waals surface area contributed by atoms with Crippen LogP contribution in [-0.4, -0.2) is 14.2 Å². The molecule has 0 heterocycles. The summed E-state index contributed by atoms with van der Waals surface area (Å²) in [6.07, 6.45) is 6.28. The van der Waals surface area contributed by atoms with E-state index in [0.717, 1.165) is 5.75 Å². The summed E-state index contributed by atoms with van der Waals surface area (Å²) in [5.41, 5.74) is 1.39. The Morgan fingerprint density at radius 1 is 1.24 bits per heavy atom. The third-order valence-corrected chi connectivity index (χ3v) is 4.19. The van der Waals surface area contributed by atoms with Crippen molar-refractivity contribution in [1.82, 2.24) is 5.32 Å². The smallest absolute Gasteiger partial charge is 0.137 e. The molecule has 0 aromatic heterocycles. The van der Waals surface area contributed by atoms with Crippen LogP contribution in [0.5, 0.6) is 5.75 Å². The van der Waals surface area contributed by atoms with Gasteiger partial charge in [0, 0.05) is 5.54 Å². The molecule has 1 aromatic rings. The second-order valence-corrected chi connectivity index (χ2v) is 5.15. The average Bonchev–Trinajstić information content (AvgIpc) is 2.39. The van der Waals surface area contributed by atoms with Crippen LogP contribution in [0.15, 0.2) is 18.2 Å². The molecule has 94 valence electrons. The SMILES string of the molecule is CNC1(c2ccc(OC)c(Cl)c2)CCCCC1. The van der Waals surface area contributed by atoms with Crippen LogP contribution in [0.4, 0.5) is 0 Å². The van der Waals surface area contributed by atoms with Gasteiger partial charge in [-0.2, -0.15) is 0 Å². The second-order valence-electron chi connectivity index (χ2n) is 4.74. The lowest BCUT2D eigenvalue weighted by Gasteiger charge is -2.38. The van der Waals surface area contributed by atoms with Crippen LogP contribution in [0.3, 0.4) is 0 Å². The van der Waals surface area contributed by atoms with Crippen LogP contribution in [0.2, 0.25) is 5.02 Å². The Bertz CT molecular complexity index is 386. The summed E-state index contributed by atoms with van der Waals surface area (Å²) in [4.78, 5) is 0. The first-order valence-electron chi connectivity index (χ1n) is 6.25. The molecule has 1 aliphatic rings. The number of halogens is 1. The average molecular weight is 254 g/mol. The minimum Gasteiger partial charge on any atom is -0.495 e. The maximum atomic E-state index is 6.21. The second kappa shape index (κ2) is 5.28. The molecule has 17 heavy (non-hydrogen) atoms. The molecule has 0 amide bonds. The summed E-state index contributed by atoms with van der Waals surface area (Å²) in [5, 5.41) is 4.20. The molecule has 1 fully saturated rings. The Morgan fingerprint density at radius 3 is 2.47 bits per heavy atom. The van der Waals surface area contributed by atoms with Gasteiger partial charge in [-0.05, 0) is 37.6 Å². The predicted octanol–water partition coefficient (Wildman–Crippen LogP) is 3.73. The van der Waals surface area contributed by atoms with Crippen LogP contribution >= 0.6 is 11.6 Å². The van der Waals surface area contributed by atoms with Crippen LogP contribution in [0.1, 0.15) is 37.7 Å². The highest BCUT2D eigenvalue weighted by molar-refractivity contribution is 6.32. The van der Waals surface area contributed by atoms with Gasteiger partial charge in [-0.1, -0.05) is 36.9 Å². The van der Waals surface area contributed by atoms with Crippen LogP contribution in [0, 0.1) is 0 Å². The van der Waals surface area contributed by atoms with Gasteiger partial charge in [-0.15, -0.1) is 0 Å². The summed E-state index contributed by atoms with van der Waals surface area (Å²) in [6, 6.07) is 6.14. The van der Waals surface area contributed by atoms with Crippen molar-refractivity contribution in [3.63, 3.8) is 0 Å². The van der Waals surface area contributed by atoms with E-state index >= 15 is 0 Å². The molecule has 1 saturated carbocycles. The van der Waals surface area contributed by atoms with Gasteiger partial charge in [0.05, 0.1) is 12.1 Å². The highest BCUT2D eigenvalue weighted by atomic mass is 35.5. The van der Waals surface area contributed by atoms with Gasteiger partial charge in [-0.25, -0.2) is 0 Å². The van der Waals surface area contributed by atoms with Crippen LogP contribution < -0.4 is 10.1 Å². The van der Waals surface area contributed by atoms with E-state index in [-0.39, 0.29) is 5.54 Å². The van der Waals surface area contributed by atoms with E-state index in [2.05, 4.69) is 11.4 Å². The van der Waals surface area contributed by atoms with Crippen LogP contribution in [0.25, 0.3) is 0 Å². The zero-order valence-electron chi connectivity index (χ0n) is 10.6. The van der Waals surface area contributed by atoms with E-state index in [4.69, 9.17) is 16.3 Å². The number of hydrogen-bond acceptors (Lipinski definition) is 2. The molecule has 0 radical (unpaired) electrons. The van der Waals surface area contributed by atoms with Gasteiger partial charge in [0.1, 0.15) is 5.75 Å². The Balaban J connectivity index is 2.33. The summed E-state index contributed by atoms with van der Waals surface area (Å²) in [7, 11) is 3.69. The summed E-state index contributed by atoms with van der Waals surface area (Å²) in [5.74, 6) is 0.748.